The quantitative estimate of drug-likeness (QED) is 0.754. The minimum absolute atomic E-state index is 0. The van der Waals surface area contributed by atoms with E-state index in [0.717, 1.165) is 6.42 Å². The van der Waals surface area contributed by atoms with Gasteiger partial charge < -0.3 is 10.6 Å². The van der Waals surface area contributed by atoms with Gasteiger partial charge in [0.1, 0.15) is 0 Å². The van der Waals surface area contributed by atoms with Crippen LogP contribution in [0, 0.1) is 11.8 Å². The van der Waals surface area contributed by atoms with Gasteiger partial charge in [-0.05, 0) is 19.3 Å². The maximum atomic E-state index is 11.6. The lowest BCUT2D eigenvalue weighted by molar-refractivity contribution is -0.141. The van der Waals surface area contributed by atoms with Gasteiger partial charge in [0, 0.05) is 19.6 Å². The van der Waals surface area contributed by atoms with E-state index in [1.807, 2.05) is 11.9 Å². The van der Waals surface area contributed by atoms with E-state index in [1.54, 1.807) is 0 Å². The largest absolute Gasteiger partial charge is 0.343 e. The molecule has 0 saturated carbocycles. The average molecular weight is 243 g/mol. The van der Waals surface area contributed by atoms with Gasteiger partial charge in [-0.15, -0.1) is 24.8 Å². The van der Waals surface area contributed by atoms with Gasteiger partial charge in [-0.2, -0.15) is 0 Å². The molecule has 1 fully saturated rings. The van der Waals surface area contributed by atoms with Crippen molar-refractivity contribution >= 4 is 30.7 Å². The molecule has 0 spiro atoms. The maximum Gasteiger partial charge on any atom is 0.227 e. The number of hydrogen-bond donors (Lipinski definition) is 1. The Labute approximate surface area is 98.2 Å². The van der Waals surface area contributed by atoms with Gasteiger partial charge in [0.25, 0.3) is 0 Å². The lowest BCUT2D eigenvalue weighted by atomic mass is 9.83. The zero-order chi connectivity index (χ0) is 9.30. The molecule has 1 heterocycles. The number of likely N-dealkylation sites (tertiary alicyclic amines) is 1. The molecule has 0 aromatic carbocycles. The predicted octanol–water partition coefficient (Wildman–Crippen LogP) is 1.29. The first-order valence-corrected chi connectivity index (χ1v) is 4.54. The molecule has 1 rings (SSSR count). The summed E-state index contributed by atoms with van der Waals surface area (Å²) < 4.78 is 0. The molecule has 3 nitrogen and oxygen atoms in total. The Morgan fingerprint density at radius 3 is 2.36 bits per heavy atom. The maximum absolute atomic E-state index is 11.6. The predicted molar refractivity (Wildman–Crippen MR) is 63.1 cm³/mol. The second-order valence-corrected chi connectivity index (χ2v) is 3.85. The normalized spacial score (nSPS) is 31.9. The SMILES string of the molecule is C[C@@H]1C[C@H](C)N(C)C(=O)[C@@H]1CN.Cl.Cl. The van der Waals surface area contributed by atoms with Crippen LogP contribution in [-0.2, 0) is 4.79 Å². The molecule has 0 bridgehead atoms. The highest BCUT2D eigenvalue weighted by molar-refractivity contribution is 5.85. The van der Waals surface area contributed by atoms with Crippen molar-refractivity contribution in [3.8, 4) is 0 Å². The van der Waals surface area contributed by atoms with Gasteiger partial charge in [-0.3, -0.25) is 4.79 Å². The van der Waals surface area contributed by atoms with E-state index in [9.17, 15) is 4.79 Å². The van der Waals surface area contributed by atoms with Crippen LogP contribution in [0.3, 0.4) is 0 Å². The standard InChI is InChI=1S/C9H18N2O.2ClH/c1-6-4-7(2)11(3)9(12)8(6)5-10;;/h6-8H,4-5,10H2,1-3H3;2*1H/t6-,7+,8-;;/m1../s1. The third-order valence-corrected chi connectivity index (χ3v) is 2.98. The zero-order valence-corrected chi connectivity index (χ0v) is 10.5. The van der Waals surface area contributed by atoms with Crippen molar-refractivity contribution in [1.29, 1.82) is 0 Å². The van der Waals surface area contributed by atoms with E-state index in [4.69, 9.17) is 5.73 Å². The second kappa shape index (κ2) is 6.49. The number of amides is 1. The van der Waals surface area contributed by atoms with Crippen LogP contribution in [0.15, 0.2) is 0 Å². The molecule has 86 valence electrons. The summed E-state index contributed by atoms with van der Waals surface area (Å²) in [6.45, 7) is 4.68. The Morgan fingerprint density at radius 2 is 1.93 bits per heavy atom. The third-order valence-electron chi connectivity index (χ3n) is 2.98. The van der Waals surface area contributed by atoms with E-state index in [2.05, 4.69) is 13.8 Å². The minimum atomic E-state index is 0. The molecule has 1 aliphatic rings. The van der Waals surface area contributed by atoms with E-state index in [-0.39, 0.29) is 36.6 Å². The number of rotatable bonds is 1. The van der Waals surface area contributed by atoms with E-state index in [1.165, 1.54) is 0 Å². The smallest absolute Gasteiger partial charge is 0.227 e. The van der Waals surface area contributed by atoms with Gasteiger partial charge in [0.2, 0.25) is 5.91 Å². The summed E-state index contributed by atoms with van der Waals surface area (Å²) in [5.41, 5.74) is 5.54. The summed E-state index contributed by atoms with van der Waals surface area (Å²) in [6, 6.07) is 0.371. The highest BCUT2D eigenvalue weighted by Crippen LogP contribution is 2.26. The first-order chi connectivity index (χ1) is 5.57. The van der Waals surface area contributed by atoms with Crippen LogP contribution in [0.4, 0.5) is 0 Å². The first kappa shape index (κ1) is 16.4. The topological polar surface area (TPSA) is 46.3 Å². The van der Waals surface area contributed by atoms with Crippen molar-refractivity contribution in [2.24, 2.45) is 17.6 Å². The van der Waals surface area contributed by atoms with Crippen molar-refractivity contribution in [1.82, 2.24) is 4.90 Å². The fraction of sp³-hybridized carbons (Fsp3) is 0.889. The molecule has 1 saturated heterocycles. The molecule has 0 aliphatic carbocycles. The Bertz CT molecular complexity index is 190. The van der Waals surface area contributed by atoms with Crippen LogP contribution in [-0.4, -0.2) is 30.4 Å². The zero-order valence-electron chi connectivity index (χ0n) is 8.90. The summed E-state index contributed by atoms with van der Waals surface area (Å²) in [4.78, 5) is 13.4. The number of nitrogens with zero attached hydrogens (tertiary/aromatic N) is 1. The van der Waals surface area contributed by atoms with Crippen molar-refractivity contribution in [3.63, 3.8) is 0 Å². The molecule has 0 unspecified atom stereocenters. The highest BCUT2D eigenvalue weighted by atomic mass is 35.5. The molecule has 14 heavy (non-hydrogen) atoms. The van der Waals surface area contributed by atoms with Gasteiger partial charge >= 0.3 is 0 Å². The lowest BCUT2D eigenvalue weighted by Gasteiger charge is -2.38. The molecule has 0 radical (unpaired) electrons. The first-order valence-electron chi connectivity index (χ1n) is 4.54. The summed E-state index contributed by atoms with van der Waals surface area (Å²) >= 11 is 0. The Balaban J connectivity index is 0. The van der Waals surface area contributed by atoms with Crippen molar-refractivity contribution in [2.45, 2.75) is 26.3 Å². The van der Waals surface area contributed by atoms with Crippen LogP contribution in [0.2, 0.25) is 0 Å². The van der Waals surface area contributed by atoms with Gasteiger partial charge in [-0.1, -0.05) is 6.92 Å². The van der Waals surface area contributed by atoms with Crippen LogP contribution >= 0.6 is 24.8 Å². The fourth-order valence-electron chi connectivity index (χ4n) is 1.92. The monoisotopic (exact) mass is 242 g/mol. The number of carbonyl (C=O) groups is 1. The molecule has 0 aromatic rings. The van der Waals surface area contributed by atoms with Crippen molar-refractivity contribution in [3.05, 3.63) is 0 Å². The molecular formula is C9H20Cl2N2O. The van der Waals surface area contributed by atoms with E-state index >= 15 is 0 Å². The molecule has 3 atom stereocenters. The van der Waals surface area contributed by atoms with Gasteiger partial charge in [0.05, 0.1) is 5.92 Å². The second-order valence-electron chi connectivity index (χ2n) is 3.85. The average Bonchev–Trinajstić information content (AvgIpc) is 2.01. The highest BCUT2D eigenvalue weighted by Gasteiger charge is 2.34. The fourth-order valence-corrected chi connectivity index (χ4v) is 1.92. The Hall–Kier alpha value is 0.01000. The third kappa shape index (κ3) is 3.01. The number of piperidine rings is 1. The summed E-state index contributed by atoms with van der Waals surface area (Å²) in [5, 5.41) is 0. The van der Waals surface area contributed by atoms with Crippen LogP contribution in [0.5, 0.6) is 0 Å². The Morgan fingerprint density at radius 1 is 1.43 bits per heavy atom. The summed E-state index contributed by atoms with van der Waals surface area (Å²) in [7, 11) is 1.86. The van der Waals surface area contributed by atoms with Crippen LogP contribution in [0.25, 0.3) is 0 Å². The molecular weight excluding hydrogens is 223 g/mol. The lowest BCUT2D eigenvalue weighted by Crippen LogP contribution is -2.49. The molecule has 1 amide bonds. The summed E-state index contributed by atoms with van der Waals surface area (Å²) in [5.74, 6) is 0.698. The summed E-state index contributed by atoms with van der Waals surface area (Å²) in [6.07, 6.45) is 1.07. The van der Waals surface area contributed by atoms with Crippen molar-refractivity contribution < 1.29 is 4.79 Å². The Kier molecular flexibility index (Phi) is 7.62. The van der Waals surface area contributed by atoms with Crippen LogP contribution < -0.4 is 5.73 Å². The van der Waals surface area contributed by atoms with Crippen molar-refractivity contribution in [2.75, 3.05) is 13.6 Å². The minimum Gasteiger partial charge on any atom is -0.343 e. The number of halogens is 2. The van der Waals surface area contributed by atoms with Crippen LogP contribution in [0.1, 0.15) is 20.3 Å². The van der Waals surface area contributed by atoms with Gasteiger partial charge in [-0.25, -0.2) is 0 Å². The van der Waals surface area contributed by atoms with E-state index < -0.39 is 0 Å². The molecule has 0 aromatic heterocycles. The molecule has 1 aliphatic heterocycles. The number of nitrogens with two attached hydrogens (primary N) is 1. The van der Waals surface area contributed by atoms with Gasteiger partial charge in [0.15, 0.2) is 0 Å². The van der Waals surface area contributed by atoms with E-state index in [0.29, 0.717) is 18.5 Å². The molecule has 2 N–H and O–H groups in total. The molecule has 5 heteroatoms. The number of hydrogen-bond acceptors (Lipinski definition) is 2. The number of carbonyl (C=O) groups excluding carboxylic acids is 1.